The Morgan fingerprint density at radius 1 is 1.38 bits per heavy atom. The van der Waals surface area contributed by atoms with Crippen molar-refractivity contribution in [1.82, 2.24) is 4.72 Å². The Balaban J connectivity index is 3.13. The topological polar surface area (TPSA) is 145 Å². The van der Waals surface area contributed by atoms with Gasteiger partial charge in [-0.1, -0.05) is 0 Å². The van der Waals surface area contributed by atoms with Crippen LogP contribution in [0.25, 0.3) is 0 Å². The van der Waals surface area contributed by atoms with Crippen molar-refractivity contribution in [3.63, 3.8) is 0 Å². The molecule has 0 aliphatic rings. The number of nitriles is 1. The molecule has 0 saturated heterocycles. The zero-order chi connectivity index (χ0) is 16.2. The SMILES string of the molecule is Cc1cc(C#N)ccc1S(=O)(=O)NC(CC(=O)O)C(=O)O. The van der Waals surface area contributed by atoms with Crippen LogP contribution in [-0.4, -0.2) is 36.6 Å². The molecule has 21 heavy (non-hydrogen) atoms. The fraction of sp³-hybridized carbons (Fsp3) is 0.250. The molecule has 0 amide bonds. The summed E-state index contributed by atoms with van der Waals surface area (Å²) in [6.45, 7) is 1.45. The molecule has 0 spiro atoms. The van der Waals surface area contributed by atoms with Crippen molar-refractivity contribution in [1.29, 1.82) is 5.26 Å². The highest BCUT2D eigenvalue weighted by Gasteiger charge is 2.28. The predicted octanol–water partition coefficient (Wildman–Crippen LogP) is 0.0729. The third kappa shape index (κ3) is 4.27. The van der Waals surface area contributed by atoms with Crippen molar-refractivity contribution in [2.75, 3.05) is 0 Å². The van der Waals surface area contributed by atoms with E-state index in [1.807, 2.05) is 10.8 Å². The minimum absolute atomic E-state index is 0.210. The van der Waals surface area contributed by atoms with Gasteiger partial charge in [-0.15, -0.1) is 0 Å². The summed E-state index contributed by atoms with van der Waals surface area (Å²) in [4.78, 5) is 21.2. The van der Waals surface area contributed by atoms with Gasteiger partial charge in [0.05, 0.1) is 22.9 Å². The summed E-state index contributed by atoms with van der Waals surface area (Å²) in [5, 5.41) is 26.2. The third-order valence-corrected chi connectivity index (χ3v) is 4.20. The maximum absolute atomic E-state index is 12.1. The molecular formula is C12H12N2O6S. The molecule has 9 heteroatoms. The number of carboxylic acids is 2. The van der Waals surface area contributed by atoms with E-state index >= 15 is 0 Å². The highest BCUT2D eigenvalue weighted by molar-refractivity contribution is 7.89. The van der Waals surface area contributed by atoms with Gasteiger partial charge in [-0.3, -0.25) is 9.59 Å². The summed E-state index contributed by atoms with van der Waals surface area (Å²) in [7, 11) is -4.21. The molecule has 1 atom stereocenters. The van der Waals surface area contributed by atoms with Crippen LogP contribution in [0.5, 0.6) is 0 Å². The van der Waals surface area contributed by atoms with Crippen LogP contribution in [0.3, 0.4) is 0 Å². The van der Waals surface area contributed by atoms with Crippen LogP contribution < -0.4 is 4.72 Å². The maximum Gasteiger partial charge on any atom is 0.322 e. The van der Waals surface area contributed by atoms with Gasteiger partial charge in [0.25, 0.3) is 0 Å². The second kappa shape index (κ2) is 6.34. The van der Waals surface area contributed by atoms with Gasteiger partial charge in [0.1, 0.15) is 6.04 Å². The molecule has 1 aromatic rings. The van der Waals surface area contributed by atoms with Crippen molar-refractivity contribution in [3.05, 3.63) is 29.3 Å². The average Bonchev–Trinajstić information content (AvgIpc) is 2.36. The minimum Gasteiger partial charge on any atom is -0.481 e. The molecule has 0 fully saturated rings. The first-order chi connectivity index (χ1) is 9.67. The van der Waals surface area contributed by atoms with Gasteiger partial charge >= 0.3 is 11.9 Å². The lowest BCUT2D eigenvalue weighted by Gasteiger charge is -2.14. The monoisotopic (exact) mass is 312 g/mol. The summed E-state index contributed by atoms with van der Waals surface area (Å²) in [6, 6.07) is 3.84. The van der Waals surface area contributed by atoms with Crippen molar-refractivity contribution >= 4 is 22.0 Å². The van der Waals surface area contributed by atoms with Gasteiger partial charge in [-0.05, 0) is 30.7 Å². The van der Waals surface area contributed by atoms with E-state index in [0.29, 0.717) is 0 Å². The molecule has 0 heterocycles. The second-order valence-corrected chi connectivity index (χ2v) is 5.88. The number of aliphatic carboxylic acids is 2. The van der Waals surface area contributed by atoms with Crippen molar-refractivity contribution in [2.45, 2.75) is 24.3 Å². The molecule has 3 N–H and O–H groups in total. The molecule has 0 aliphatic heterocycles. The first-order valence-corrected chi connectivity index (χ1v) is 7.13. The third-order valence-electron chi connectivity index (χ3n) is 2.57. The molecular weight excluding hydrogens is 300 g/mol. The zero-order valence-electron chi connectivity index (χ0n) is 10.9. The van der Waals surface area contributed by atoms with Crippen LogP contribution in [0.4, 0.5) is 0 Å². The van der Waals surface area contributed by atoms with E-state index in [4.69, 9.17) is 15.5 Å². The van der Waals surface area contributed by atoms with Gasteiger partial charge in [0, 0.05) is 0 Å². The molecule has 1 rings (SSSR count). The number of hydrogen-bond donors (Lipinski definition) is 3. The Kier molecular flexibility index (Phi) is 5.02. The number of carboxylic acid groups (broad SMARTS) is 2. The van der Waals surface area contributed by atoms with Crippen molar-refractivity contribution in [3.8, 4) is 6.07 Å². The highest BCUT2D eigenvalue weighted by atomic mass is 32.2. The van der Waals surface area contributed by atoms with Crippen molar-refractivity contribution in [2.24, 2.45) is 0 Å². The number of sulfonamides is 1. The van der Waals surface area contributed by atoms with Gasteiger partial charge < -0.3 is 10.2 Å². The summed E-state index contributed by atoms with van der Waals surface area (Å²) in [5.41, 5.74) is 0.507. The number of rotatable bonds is 6. The van der Waals surface area contributed by atoms with Gasteiger partial charge in [-0.25, -0.2) is 8.42 Å². The lowest BCUT2D eigenvalue weighted by molar-refractivity contribution is -0.145. The van der Waals surface area contributed by atoms with E-state index in [9.17, 15) is 18.0 Å². The normalized spacial score (nSPS) is 12.4. The lowest BCUT2D eigenvalue weighted by atomic mass is 10.2. The lowest BCUT2D eigenvalue weighted by Crippen LogP contribution is -2.42. The zero-order valence-corrected chi connectivity index (χ0v) is 11.7. The number of aryl methyl sites for hydroxylation is 1. The number of benzene rings is 1. The van der Waals surface area contributed by atoms with E-state index in [1.54, 1.807) is 0 Å². The highest BCUT2D eigenvalue weighted by Crippen LogP contribution is 2.17. The molecule has 0 aliphatic carbocycles. The van der Waals surface area contributed by atoms with Crippen LogP contribution in [0, 0.1) is 18.3 Å². The number of nitrogens with one attached hydrogen (secondary N) is 1. The van der Waals surface area contributed by atoms with Gasteiger partial charge in [0.2, 0.25) is 10.0 Å². The van der Waals surface area contributed by atoms with Crippen LogP contribution in [-0.2, 0) is 19.6 Å². The summed E-state index contributed by atoms with van der Waals surface area (Å²) in [5.74, 6) is -3.03. The Bertz CT molecular complexity index is 720. The Labute approximate surface area is 120 Å². The quantitative estimate of drug-likeness (QED) is 0.674. The number of hydrogen-bond acceptors (Lipinski definition) is 5. The van der Waals surface area contributed by atoms with Gasteiger partial charge in [0.15, 0.2) is 0 Å². The van der Waals surface area contributed by atoms with E-state index < -0.39 is 34.4 Å². The molecule has 0 aromatic heterocycles. The smallest absolute Gasteiger partial charge is 0.322 e. The first kappa shape index (κ1) is 16.6. The largest absolute Gasteiger partial charge is 0.481 e. The molecule has 0 saturated carbocycles. The maximum atomic E-state index is 12.1. The summed E-state index contributed by atoms with van der Waals surface area (Å²) in [6.07, 6.45) is -0.885. The number of carbonyl (C=O) groups is 2. The first-order valence-electron chi connectivity index (χ1n) is 5.65. The fourth-order valence-electron chi connectivity index (χ4n) is 1.63. The van der Waals surface area contributed by atoms with Gasteiger partial charge in [-0.2, -0.15) is 9.98 Å². The second-order valence-electron chi connectivity index (χ2n) is 4.20. The van der Waals surface area contributed by atoms with E-state index in [1.165, 1.54) is 19.1 Å². The van der Waals surface area contributed by atoms with Crippen molar-refractivity contribution < 1.29 is 28.2 Å². The van der Waals surface area contributed by atoms with E-state index in [0.717, 1.165) is 6.07 Å². The molecule has 1 aromatic carbocycles. The minimum atomic E-state index is -4.21. The Hall–Kier alpha value is -2.44. The Morgan fingerprint density at radius 3 is 2.43 bits per heavy atom. The molecule has 112 valence electrons. The van der Waals surface area contributed by atoms with Crippen LogP contribution in [0.15, 0.2) is 23.1 Å². The predicted molar refractivity (Wildman–Crippen MR) is 69.9 cm³/mol. The number of nitrogens with zero attached hydrogens (tertiary/aromatic N) is 1. The van der Waals surface area contributed by atoms with Crippen LogP contribution in [0.1, 0.15) is 17.5 Å². The van der Waals surface area contributed by atoms with E-state index in [2.05, 4.69) is 0 Å². The molecule has 0 bridgehead atoms. The van der Waals surface area contributed by atoms with Crippen LogP contribution in [0.2, 0.25) is 0 Å². The standard InChI is InChI=1S/C12H12N2O6S/c1-7-4-8(6-13)2-3-10(7)21(19,20)14-9(12(17)18)5-11(15)16/h2-4,9,14H,5H2,1H3,(H,15,16)(H,17,18). The average molecular weight is 312 g/mol. The van der Waals surface area contributed by atoms with E-state index in [-0.39, 0.29) is 16.0 Å². The van der Waals surface area contributed by atoms with Crippen LogP contribution >= 0.6 is 0 Å². The summed E-state index contributed by atoms with van der Waals surface area (Å²) >= 11 is 0. The fourth-order valence-corrected chi connectivity index (χ4v) is 3.04. The molecule has 1 unspecified atom stereocenters. The molecule has 8 nitrogen and oxygen atoms in total. The summed E-state index contributed by atoms with van der Waals surface area (Å²) < 4.78 is 26.0. The Morgan fingerprint density at radius 2 is 2.00 bits per heavy atom. The molecule has 0 radical (unpaired) electrons.